The van der Waals surface area contributed by atoms with Crippen LogP contribution in [0.15, 0.2) is 36.5 Å². The molecule has 0 aliphatic heterocycles. The van der Waals surface area contributed by atoms with E-state index in [1.807, 2.05) is 19.1 Å². The molecule has 0 atom stereocenters. The molecule has 0 saturated heterocycles. The summed E-state index contributed by atoms with van der Waals surface area (Å²) in [4.78, 5) is 31.9. The van der Waals surface area contributed by atoms with Crippen LogP contribution in [-0.2, 0) is 16.2 Å². The number of fused-ring (bicyclic) bond motifs is 2. The van der Waals surface area contributed by atoms with Gasteiger partial charge < -0.3 is 14.2 Å². The first kappa shape index (κ1) is 30.4. The molecule has 2 aromatic heterocycles. The summed E-state index contributed by atoms with van der Waals surface area (Å²) in [6.07, 6.45) is 0.801. The first-order chi connectivity index (χ1) is 19.1. The Balaban J connectivity index is 1.88. The van der Waals surface area contributed by atoms with E-state index in [1.165, 1.54) is 22.9 Å². The van der Waals surface area contributed by atoms with Crippen molar-refractivity contribution in [1.82, 2.24) is 14.1 Å². The van der Waals surface area contributed by atoms with Gasteiger partial charge in [0.1, 0.15) is 18.1 Å². The third-order valence-corrected chi connectivity index (χ3v) is 8.18. The molecule has 0 amide bonds. The van der Waals surface area contributed by atoms with Crippen molar-refractivity contribution < 1.29 is 32.6 Å². The summed E-state index contributed by atoms with van der Waals surface area (Å²) >= 11 is 0. The molecule has 0 saturated carbocycles. The van der Waals surface area contributed by atoms with Crippen LogP contribution in [-0.4, -0.2) is 52.9 Å². The standard InChI is InChI=1S/C30H37F2N3O5Si/c1-18-9-10-21-22(15-18)35(17-38-13-14-41(6,7)8)27(33-21)26(36)24-20-11-12-34(29(37)40-30(3,4)5)25(20)19(2)16-23(24)39-28(31)32/h9-12,15-16,28H,13-14,17H2,1-8H3. The lowest BCUT2D eigenvalue weighted by Gasteiger charge is -2.20. The third kappa shape index (κ3) is 6.84. The van der Waals surface area contributed by atoms with Crippen LogP contribution in [0.5, 0.6) is 5.75 Å². The van der Waals surface area contributed by atoms with Gasteiger partial charge in [0.15, 0.2) is 5.82 Å². The van der Waals surface area contributed by atoms with E-state index in [1.54, 1.807) is 38.3 Å². The van der Waals surface area contributed by atoms with Gasteiger partial charge in [-0.1, -0.05) is 25.7 Å². The topological polar surface area (TPSA) is 84.6 Å². The van der Waals surface area contributed by atoms with Crippen LogP contribution in [0.3, 0.4) is 0 Å². The average molecular weight is 586 g/mol. The number of imidazole rings is 1. The highest BCUT2D eigenvalue weighted by Crippen LogP contribution is 2.35. The fourth-order valence-corrected chi connectivity index (χ4v) is 5.33. The van der Waals surface area contributed by atoms with Crippen LogP contribution in [0.2, 0.25) is 25.7 Å². The number of alkyl halides is 2. The van der Waals surface area contributed by atoms with Crippen molar-refractivity contribution in [2.24, 2.45) is 0 Å². The highest BCUT2D eigenvalue weighted by atomic mass is 28.3. The number of ether oxygens (including phenoxy) is 3. The molecule has 4 rings (SSSR count). The number of rotatable bonds is 9. The normalized spacial score (nSPS) is 12.5. The lowest BCUT2D eigenvalue weighted by atomic mass is 10.0. The van der Waals surface area contributed by atoms with Crippen LogP contribution in [0.4, 0.5) is 13.6 Å². The van der Waals surface area contributed by atoms with Gasteiger partial charge in [-0.25, -0.2) is 9.78 Å². The number of aryl methyl sites for hydroxylation is 2. The zero-order valence-electron chi connectivity index (χ0n) is 24.8. The van der Waals surface area contributed by atoms with Crippen molar-refractivity contribution in [2.75, 3.05) is 6.61 Å². The fourth-order valence-electron chi connectivity index (χ4n) is 4.58. The average Bonchev–Trinajstić information content (AvgIpc) is 3.42. The Labute approximate surface area is 239 Å². The molecule has 0 unspecified atom stereocenters. The molecule has 220 valence electrons. The van der Waals surface area contributed by atoms with E-state index in [0.29, 0.717) is 28.7 Å². The second-order valence-corrected chi connectivity index (χ2v) is 18.0. The van der Waals surface area contributed by atoms with Crippen molar-refractivity contribution in [2.45, 2.75) is 79.2 Å². The minimum absolute atomic E-state index is 0.0212. The molecule has 2 aromatic carbocycles. The van der Waals surface area contributed by atoms with Crippen molar-refractivity contribution in [3.05, 3.63) is 59.0 Å². The fraction of sp³-hybridized carbons (Fsp3) is 0.433. The molecule has 0 aliphatic carbocycles. The van der Waals surface area contributed by atoms with Gasteiger partial charge >= 0.3 is 12.7 Å². The molecule has 11 heteroatoms. The first-order valence-corrected chi connectivity index (χ1v) is 17.2. The number of benzene rings is 2. The van der Waals surface area contributed by atoms with Gasteiger partial charge in [0.2, 0.25) is 5.78 Å². The zero-order chi connectivity index (χ0) is 30.3. The minimum atomic E-state index is -3.17. The summed E-state index contributed by atoms with van der Waals surface area (Å²) in [5.74, 6) is -0.908. The van der Waals surface area contributed by atoms with Crippen LogP contribution in [0.1, 0.15) is 48.1 Å². The summed E-state index contributed by atoms with van der Waals surface area (Å²) in [7, 11) is -1.36. The van der Waals surface area contributed by atoms with Crippen molar-refractivity contribution >= 4 is 41.9 Å². The highest BCUT2D eigenvalue weighted by Gasteiger charge is 2.29. The predicted molar refractivity (Wildman–Crippen MR) is 157 cm³/mol. The van der Waals surface area contributed by atoms with Crippen LogP contribution < -0.4 is 4.74 Å². The number of halogens is 2. The Hall–Kier alpha value is -3.57. The van der Waals surface area contributed by atoms with Crippen molar-refractivity contribution in [3.8, 4) is 5.75 Å². The molecule has 4 aromatic rings. The number of aromatic nitrogens is 3. The predicted octanol–water partition coefficient (Wildman–Crippen LogP) is 7.54. The molecule has 0 spiro atoms. The van der Waals surface area contributed by atoms with E-state index >= 15 is 0 Å². The van der Waals surface area contributed by atoms with E-state index in [2.05, 4.69) is 24.6 Å². The Morgan fingerprint density at radius 3 is 2.41 bits per heavy atom. The smallest absolute Gasteiger partial charge is 0.419 e. The second kappa shape index (κ2) is 11.4. The lowest BCUT2D eigenvalue weighted by Crippen LogP contribution is -2.27. The zero-order valence-corrected chi connectivity index (χ0v) is 25.8. The van der Waals surface area contributed by atoms with E-state index in [4.69, 9.17) is 14.2 Å². The highest BCUT2D eigenvalue weighted by molar-refractivity contribution is 6.76. The number of hydrogen-bond donors (Lipinski definition) is 0. The maximum Gasteiger partial charge on any atom is 0.419 e. The SMILES string of the molecule is Cc1ccc2nc(C(=O)c3c(OC(F)F)cc(C)c4c3ccn4C(=O)OC(C)(C)C)n(COCC[Si](C)(C)C)c2c1. The number of hydrogen-bond acceptors (Lipinski definition) is 6. The Morgan fingerprint density at radius 2 is 1.78 bits per heavy atom. The monoisotopic (exact) mass is 585 g/mol. The summed E-state index contributed by atoms with van der Waals surface area (Å²) in [5.41, 5.74) is 2.15. The van der Waals surface area contributed by atoms with Crippen LogP contribution in [0.25, 0.3) is 21.9 Å². The van der Waals surface area contributed by atoms with Gasteiger partial charge in [-0.15, -0.1) is 0 Å². The molecule has 0 aliphatic rings. The summed E-state index contributed by atoms with van der Waals surface area (Å²) in [6.45, 7) is 13.0. The number of ketones is 1. The summed E-state index contributed by atoms with van der Waals surface area (Å²) < 4.78 is 46.4. The quantitative estimate of drug-likeness (QED) is 0.115. The number of nitrogens with zero attached hydrogens (tertiary/aromatic N) is 3. The molecule has 41 heavy (non-hydrogen) atoms. The third-order valence-electron chi connectivity index (χ3n) is 6.48. The van der Waals surface area contributed by atoms with Crippen molar-refractivity contribution in [1.29, 1.82) is 0 Å². The van der Waals surface area contributed by atoms with Gasteiger partial charge in [-0.2, -0.15) is 8.78 Å². The molecular formula is C30H37F2N3O5Si. The molecule has 0 fully saturated rings. The van der Waals surface area contributed by atoms with E-state index in [-0.39, 0.29) is 29.3 Å². The second-order valence-electron chi connectivity index (χ2n) is 12.4. The van der Waals surface area contributed by atoms with Gasteiger partial charge in [0.25, 0.3) is 0 Å². The number of carbonyl (C=O) groups is 2. The van der Waals surface area contributed by atoms with Gasteiger partial charge in [-0.05, 0) is 76.1 Å². The molecule has 0 radical (unpaired) electrons. The van der Waals surface area contributed by atoms with Gasteiger partial charge in [0, 0.05) is 26.3 Å². The number of carbonyl (C=O) groups excluding carboxylic acids is 2. The van der Waals surface area contributed by atoms with Gasteiger partial charge in [0.05, 0.1) is 22.1 Å². The molecule has 2 heterocycles. The van der Waals surface area contributed by atoms with Crippen molar-refractivity contribution in [3.63, 3.8) is 0 Å². The molecule has 0 N–H and O–H groups in total. The summed E-state index contributed by atoms with van der Waals surface area (Å²) in [5, 5.41) is 0.269. The largest absolute Gasteiger partial charge is 0.443 e. The summed E-state index contributed by atoms with van der Waals surface area (Å²) in [6, 6.07) is 9.40. The molecule has 8 nitrogen and oxygen atoms in total. The lowest BCUT2D eigenvalue weighted by molar-refractivity contribution is -0.0500. The molecular weight excluding hydrogens is 548 g/mol. The first-order valence-electron chi connectivity index (χ1n) is 13.5. The van der Waals surface area contributed by atoms with Gasteiger partial charge in [-0.3, -0.25) is 13.9 Å². The van der Waals surface area contributed by atoms with E-state index < -0.39 is 32.2 Å². The van der Waals surface area contributed by atoms with Crippen LogP contribution in [0, 0.1) is 13.8 Å². The van der Waals surface area contributed by atoms with E-state index in [9.17, 15) is 18.4 Å². The maximum atomic E-state index is 14.3. The van der Waals surface area contributed by atoms with E-state index in [0.717, 1.165) is 11.6 Å². The Kier molecular flexibility index (Phi) is 8.42. The molecule has 0 bridgehead atoms. The Bertz CT molecular complexity index is 1610. The maximum absolute atomic E-state index is 14.3. The Morgan fingerprint density at radius 1 is 1.07 bits per heavy atom. The van der Waals surface area contributed by atoms with Crippen LogP contribution >= 0.6 is 0 Å². The minimum Gasteiger partial charge on any atom is -0.443 e.